The maximum Gasteiger partial charge on any atom is 0.281 e. The van der Waals surface area contributed by atoms with Gasteiger partial charge in [-0.15, -0.1) is 12.6 Å². The molecule has 19 heavy (non-hydrogen) atoms. The summed E-state index contributed by atoms with van der Waals surface area (Å²) < 4.78 is 27.3. The van der Waals surface area contributed by atoms with Gasteiger partial charge in [0.05, 0.1) is 0 Å². The van der Waals surface area contributed by atoms with E-state index in [0.29, 0.717) is 16.0 Å². The van der Waals surface area contributed by atoms with Crippen LogP contribution in [0.3, 0.4) is 0 Å². The Morgan fingerprint density at radius 2 is 2.05 bits per heavy atom. The van der Waals surface area contributed by atoms with Crippen LogP contribution in [0.4, 0.5) is 8.78 Å². The number of unbranched alkanes of at least 4 members (excludes halogenated alkanes) is 3. The van der Waals surface area contributed by atoms with Crippen molar-refractivity contribution in [2.75, 3.05) is 0 Å². The molecule has 0 bridgehead atoms. The van der Waals surface area contributed by atoms with Crippen LogP contribution in [0.15, 0.2) is 17.0 Å². The first kappa shape index (κ1) is 14.8. The monoisotopic (exact) mass is 286 g/mol. The zero-order valence-corrected chi connectivity index (χ0v) is 12.0. The Labute approximate surface area is 118 Å². The Morgan fingerprint density at radius 3 is 2.74 bits per heavy atom. The zero-order valence-electron chi connectivity index (χ0n) is 11.1. The summed E-state index contributed by atoms with van der Waals surface area (Å²) in [5.41, 5.74) is 1.89. The average molecular weight is 286 g/mol. The third-order valence-electron chi connectivity index (χ3n) is 3.82. The van der Waals surface area contributed by atoms with Gasteiger partial charge in [-0.25, -0.2) is 8.78 Å². The molecule has 0 heterocycles. The smallest absolute Gasteiger partial charge is 0.281 e. The summed E-state index contributed by atoms with van der Waals surface area (Å²) in [5, 5.41) is 9.73. The number of alkyl halides is 2. The Hall–Kier alpha value is -0.610. The van der Waals surface area contributed by atoms with Crippen LogP contribution in [0.1, 0.15) is 55.4 Å². The summed E-state index contributed by atoms with van der Waals surface area (Å²) >= 11 is 4.20. The minimum absolute atomic E-state index is 0.335. The number of aliphatic hydroxyl groups is 1. The van der Waals surface area contributed by atoms with Crippen molar-refractivity contribution in [1.82, 2.24) is 0 Å². The lowest BCUT2D eigenvalue weighted by Crippen LogP contribution is -2.21. The van der Waals surface area contributed by atoms with Gasteiger partial charge >= 0.3 is 0 Å². The maximum atomic E-state index is 13.6. The highest BCUT2D eigenvalue weighted by atomic mass is 32.1. The van der Waals surface area contributed by atoms with Gasteiger partial charge < -0.3 is 5.11 Å². The van der Waals surface area contributed by atoms with Crippen molar-refractivity contribution >= 4 is 12.6 Å². The van der Waals surface area contributed by atoms with E-state index in [9.17, 15) is 13.9 Å². The minimum Gasteiger partial charge on any atom is -0.382 e. The van der Waals surface area contributed by atoms with Gasteiger partial charge in [0.25, 0.3) is 5.92 Å². The number of thiol groups is 1. The van der Waals surface area contributed by atoms with Crippen molar-refractivity contribution in [1.29, 1.82) is 0 Å². The van der Waals surface area contributed by atoms with Crippen molar-refractivity contribution in [3.05, 3.63) is 28.8 Å². The topological polar surface area (TPSA) is 20.2 Å². The second kappa shape index (κ2) is 5.80. The molecule has 1 aromatic carbocycles. The SMILES string of the molecule is CCCCCCc1ccc(S)c2c1CC(F)(F)C2O. The molecule has 0 aromatic heterocycles. The standard InChI is InChI=1S/C15H20F2OS/c1-2-3-4-5-6-10-7-8-12(19)13-11(10)9-15(16,17)14(13)18/h7-8,14,18-19H,2-6,9H2,1H3. The summed E-state index contributed by atoms with van der Waals surface area (Å²) in [6.07, 6.45) is 3.20. The fraction of sp³-hybridized carbons (Fsp3) is 0.600. The largest absolute Gasteiger partial charge is 0.382 e. The lowest BCUT2D eigenvalue weighted by Gasteiger charge is -2.14. The molecule has 1 atom stereocenters. The van der Waals surface area contributed by atoms with Crippen LogP contribution in [0.2, 0.25) is 0 Å². The van der Waals surface area contributed by atoms with Crippen LogP contribution in [0.5, 0.6) is 0 Å². The van der Waals surface area contributed by atoms with Crippen LogP contribution >= 0.6 is 12.6 Å². The first-order chi connectivity index (χ1) is 8.97. The van der Waals surface area contributed by atoms with Gasteiger partial charge in [-0.05, 0) is 30.0 Å². The molecule has 4 heteroatoms. The van der Waals surface area contributed by atoms with Crippen molar-refractivity contribution < 1.29 is 13.9 Å². The molecule has 1 nitrogen and oxygen atoms in total. The van der Waals surface area contributed by atoms with Crippen molar-refractivity contribution in [2.45, 2.75) is 62.4 Å². The third-order valence-corrected chi connectivity index (χ3v) is 4.21. The summed E-state index contributed by atoms with van der Waals surface area (Å²) in [7, 11) is 0. The van der Waals surface area contributed by atoms with E-state index >= 15 is 0 Å². The molecular formula is C15H20F2OS. The number of hydrogen-bond acceptors (Lipinski definition) is 2. The predicted molar refractivity (Wildman–Crippen MR) is 75.2 cm³/mol. The molecule has 1 aliphatic carbocycles. The molecule has 0 fully saturated rings. The molecule has 1 N–H and O–H groups in total. The van der Waals surface area contributed by atoms with Gasteiger partial charge in [-0.3, -0.25) is 0 Å². The summed E-state index contributed by atoms with van der Waals surface area (Å²) in [4.78, 5) is 0.469. The second-order valence-electron chi connectivity index (χ2n) is 5.29. The zero-order chi connectivity index (χ0) is 14.0. The van der Waals surface area contributed by atoms with Crippen molar-refractivity contribution in [2.24, 2.45) is 0 Å². The van der Waals surface area contributed by atoms with Gasteiger partial charge in [0, 0.05) is 16.9 Å². The number of rotatable bonds is 5. The molecule has 2 rings (SSSR count). The molecule has 1 aromatic rings. The van der Waals surface area contributed by atoms with Gasteiger partial charge in [0.2, 0.25) is 0 Å². The Bertz CT molecular complexity index is 460. The van der Waals surface area contributed by atoms with E-state index in [1.807, 2.05) is 6.07 Å². The third kappa shape index (κ3) is 2.95. The first-order valence-electron chi connectivity index (χ1n) is 6.87. The van der Waals surface area contributed by atoms with Crippen LogP contribution in [0.25, 0.3) is 0 Å². The molecule has 0 radical (unpaired) electrons. The van der Waals surface area contributed by atoms with Crippen molar-refractivity contribution in [3.8, 4) is 0 Å². The summed E-state index contributed by atoms with van der Waals surface area (Å²) in [6.45, 7) is 2.14. The molecule has 1 unspecified atom stereocenters. The minimum atomic E-state index is -3.06. The number of benzene rings is 1. The van der Waals surface area contributed by atoms with Gasteiger partial charge in [0.15, 0.2) is 0 Å². The predicted octanol–water partition coefficient (Wildman–Crippen LogP) is 4.32. The lowest BCUT2D eigenvalue weighted by molar-refractivity contribution is -0.0975. The van der Waals surface area contributed by atoms with Gasteiger partial charge in [-0.2, -0.15) is 0 Å². The highest BCUT2D eigenvalue weighted by Gasteiger charge is 2.48. The first-order valence-corrected chi connectivity index (χ1v) is 7.31. The van der Waals surface area contributed by atoms with E-state index in [0.717, 1.165) is 31.2 Å². The lowest BCUT2D eigenvalue weighted by atomic mass is 9.98. The normalized spacial score (nSPS) is 20.6. The van der Waals surface area contributed by atoms with E-state index < -0.39 is 12.0 Å². The van der Waals surface area contributed by atoms with Crippen LogP contribution < -0.4 is 0 Å². The number of aliphatic hydroxyl groups excluding tert-OH is 1. The molecular weight excluding hydrogens is 266 g/mol. The second-order valence-corrected chi connectivity index (χ2v) is 5.77. The molecule has 0 aliphatic heterocycles. The van der Waals surface area contributed by atoms with Gasteiger partial charge in [-0.1, -0.05) is 32.3 Å². The molecule has 0 saturated carbocycles. The molecule has 0 spiro atoms. The quantitative estimate of drug-likeness (QED) is 0.610. The van der Waals surface area contributed by atoms with E-state index in [4.69, 9.17) is 0 Å². The average Bonchev–Trinajstić information content (AvgIpc) is 2.60. The van der Waals surface area contributed by atoms with E-state index in [-0.39, 0.29) is 6.42 Å². The van der Waals surface area contributed by atoms with Gasteiger partial charge in [0.1, 0.15) is 6.10 Å². The van der Waals surface area contributed by atoms with Crippen LogP contribution in [0, 0.1) is 0 Å². The number of hydrogen-bond donors (Lipinski definition) is 2. The Balaban J connectivity index is 2.20. The molecule has 0 amide bonds. The summed E-state index contributed by atoms with van der Waals surface area (Å²) in [6, 6.07) is 3.60. The van der Waals surface area contributed by atoms with E-state index in [1.165, 1.54) is 6.42 Å². The number of halogens is 2. The fourth-order valence-corrected chi connectivity index (χ4v) is 3.06. The highest BCUT2D eigenvalue weighted by Crippen LogP contribution is 2.46. The van der Waals surface area contributed by atoms with Crippen LogP contribution in [-0.2, 0) is 12.8 Å². The van der Waals surface area contributed by atoms with E-state index in [2.05, 4.69) is 19.6 Å². The summed E-state index contributed by atoms with van der Waals surface area (Å²) in [5.74, 6) is -3.06. The molecule has 106 valence electrons. The Morgan fingerprint density at radius 1 is 1.32 bits per heavy atom. The van der Waals surface area contributed by atoms with Crippen molar-refractivity contribution in [3.63, 3.8) is 0 Å². The number of aryl methyl sites for hydroxylation is 1. The number of fused-ring (bicyclic) bond motifs is 1. The maximum absolute atomic E-state index is 13.6. The van der Waals surface area contributed by atoms with E-state index in [1.54, 1.807) is 6.07 Å². The van der Waals surface area contributed by atoms with Crippen LogP contribution in [-0.4, -0.2) is 11.0 Å². The highest BCUT2D eigenvalue weighted by molar-refractivity contribution is 7.80. The molecule has 0 saturated heterocycles. The fourth-order valence-electron chi connectivity index (χ4n) is 2.73. The Kier molecular flexibility index (Phi) is 4.51. The molecule has 1 aliphatic rings.